The van der Waals surface area contributed by atoms with Crippen LogP contribution in [0.15, 0.2) is 0 Å². The highest BCUT2D eigenvalue weighted by Gasteiger charge is 2.65. The molecule has 0 bridgehead atoms. The lowest BCUT2D eigenvalue weighted by Crippen LogP contribution is -2.52. The second-order valence-corrected chi connectivity index (χ2v) is 4.80. The number of alkyl halides is 5. The maximum atomic E-state index is 12.9. The average molecular weight is 315 g/mol. The summed E-state index contributed by atoms with van der Waals surface area (Å²) in [5.41, 5.74) is 0. The average Bonchev–Trinajstić information content (AvgIpc) is 2.19. The molecular weight excluding hydrogens is 305 g/mol. The molecule has 1 atom stereocenters. The summed E-state index contributed by atoms with van der Waals surface area (Å²) in [5.74, 6) is -1.69. The third kappa shape index (κ3) is 4.87. The van der Waals surface area contributed by atoms with Crippen molar-refractivity contribution in [1.29, 1.82) is 0 Å². The highest BCUT2D eigenvalue weighted by molar-refractivity contribution is 7.86. The molecule has 0 aliphatic heterocycles. The van der Waals surface area contributed by atoms with Gasteiger partial charge in [0.15, 0.2) is 0 Å². The predicted octanol–water partition coefficient (Wildman–Crippen LogP) is 0.551. The summed E-state index contributed by atoms with van der Waals surface area (Å²) in [7, 11) is -5.06. The monoisotopic (exact) mass is 315 g/mol. The lowest BCUT2D eigenvalue weighted by Gasteiger charge is -2.26. The van der Waals surface area contributed by atoms with Gasteiger partial charge in [0.1, 0.15) is 0 Å². The second kappa shape index (κ2) is 5.96. The predicted molar refractivity (Wildman–Crippen MR) is 51.0 cm³/mol. The fraction of sp³-hybridized carbons (Fsp3) is 0.857. The van der Waals surface area contributed by atoms with Gasteiger partial charge in [0, 0.05) is 6.54 Å². The summed E-state index contributed by atoms with van der Waals surface area (Å²) in [5, 5.41) is -3.35. The number of ether oxygens (including phenoxy) is 1. The first-order chi connectivity index (χ1) is 8.34. The summed E-state index contributed by atoms with van der Waals surface area (Å²) >= 11 is 0. The maximum absolute atomic E-state index is 12.9. The van der Waals surface area contributed by atoms with Crippen LogP contribution in [0.5, 0.6) is 0 Å². The molecule has 114 valence electrons. The molecule has 6 nitrogen and oxygen atoms in total. The van der Waals surface area contributed by atoms with Crippen LogP contribution in [0.3, 0.4) is 0 Å². The molecule has 0 aliphatic carbocycles. The molecule has 12 heteroatoms. The molecule has 0 saturated carbocycles. The first kappa shape index (κ1) is 18.0. The highest BCUT2D eigenvalue weighted by Crippen LogP contribution is 2.38. The van der Waals surface area contributed by atoms with E-state index in [9.17, 15) is 35.2 Å². The summed E-state index contributed by atoms with van der Waals surface area (Å²) in [4.78, 5) is 10.9. The van der Waals surface area contributed by atoms with Crippen LogP contribution in [0.4, 0.5) is 22.0 Å². The van der Waals surface area contributed by atoms with Crippen LogP contribution >= 0.6 is 0 Å². The fourth-order valence-corrected chi connectivity index (χ4v) is 1.33. The van der Waals surface area contributed by atoms with Crippen molar-refractivity contribution in [3.8, 4) is 0 Å². The SMILES string of the molecule is CNCCC(=O)OC(C(F)(F)F)C(F)(F)S(=O)(=O)O. The van der Waals surface area contributed by atoms with Gasteiger partial charge in [-0.05, 0) is 7.05 Å². The van der Waals surface area contributed by atoms with Crippen LogP contribution in [0.25, 0.3) is 0 Å². The van der Waals surface area contributed by atoms with Crippen molar-refractivity contribution in [3.63, 3.8) is 0 Å². The molecule has 0 amide bonds. The molecule has 0 aromatic heterocycles. The van der Waals surface area contributed by atoms with E-state index in [-0.39, 0.29) is 6.54 Å². The number of rotatable bonds is 6. The smallest absolute Gasteiger partial charge is 0.432 e. The number of carbonyl (C=O) groups is 1. The van der Waals surface area contributed by atoms with Gasteiger partial charge in [-0.25, -0.2) is 0 Å². The van der Waals surface area contributed by atoms with Gasteiger partial charge in [0.2, 0.25) is 0 Å². The van der Waals surface area contributed by atoms with Crippen LogP contribution in [0, 0.1) is 0 Å². The Balaban J connectivity index is 5.22. The summed E-state index contributed by atoms with van der Waals surface area (Å²) in [6, 6.07) is 0. The molecule has 0 fully saturated rings. The van der Waals surface area contributed by atoms with Gasteiger partial charge in [-0.2, -0.15) is 30.4 Å². The van der Waals surface area contributed by atoms with Crippen LogP contribution in [-0.4, -0.2) is 50.1 Å². The molecule has 0 aliphatic rings. The van der Waals surface area contributed by atoms with E-state index in [0.29, 0.717) is 0 Å². The Labute approximate surface area is 104 Å². The van der Waals surface area contributed by atoms with E-state index in [0.717, 1.165) is 0 Å². The number of halogens is 5. The van der Waals surface area contributed by atoms with Crippen LogP contribution in [0.1, 0.15) is 6.42 Å². The van der Waals surface area contributed by atoms with Crippen molar-refractivity contribution in [2.75, 3.05) is 13.6 Å². The number of hydrogen-bond acceptors (Lipinski definition) is 5. The van der Waals surface area contributed by atoms with Crippen molar-refractivity contribution in [2.24, 2.45) is 0 Å². The van der Waals surface area contributed by atoms with E-state index in [1.54, 1.807) is 0 Å². The quantitative estimate of drug-likeness (QED) is 0.422. The first-order valence-electron chi connectivity index (χ1n) is 4.59. The zero-order valence-corrected chi connectivity index (χ0v) is 10.2. The van der Waals surface area contributed by atoms with E-state index < -0.39 is 40.0 Å². The van der Waals surface area contributed by atoms with E-state index in [4.69, 9.17) is 4.55 Å². The Kier molecular flexibility index (Phi) is 5.65. The third-order valence-corrected chi connectivity index (χ3v) is 2.68. The van der Waals surface area contributed by atoms with E-state index >= 15 is 0 Å². The Morgan fingerprint density at radius 3 is 2.11 bits per heavy atom. The number of esters is 1. The van der Waals surface area contributed by atoms with Crippen molar-refractivity contribution in [2.45, 2.75) is 24.0 Å². The lowest BCUT2D eigenvalue weighted by molar-refractivity contribution is -0.259. The standard InChI is InChI=1S/C7H10F5NO5S/c1-13-3-2-4(14)18-5(6(8,9)10)7(11,12)19(15,16)17/h5,13H,2-3H2,1H3,(H,15,16,17). The molecule has 1 unspecified atom stereocenters. The van der Waals surface area contributed by atoms with E-state index in [1.807, 2.05) is 0 Å². The van der Waals surface area contributed by atoms with E-state index in [1.165, 1.54) is 7.05 Å². The number of hydrogen-bond donors (Lipinski definition) is 2. The molecule has 0 heterocycles. The largest absolute Gasteiger partial charge is 0.445 e. The molecule has 0 rings (SSSR count). The Hall–Kier alpha value is -1.01. The van der Waals surface area contributed by atoms with Gasteiger partial charge in [0.05, 0.1) is 6.42 Å². The maximum Gasteiger partial charge on any atom is 0.432 e. The number of carbonyl (C=O) groups excluding carboxylic acids is 1. The Morgan fingerprint density at radius 2 is 1.79 bits per heavy atom. The minimum Gasteiger partial charge on any atom is -0.445 e. The summed E-state index contributed by atoms with van der Waals surface area (Å²) in [6.45, 7) is -0.166. The van der Waals surface area contributed by atoms with Crippen LogP contribution < -0.4 is 5.32 Å². The topological polar surface area (TPSA) is 92.7 Å². The van der Waals surface area contributed by atoms with Crippen molar-refractivity contribution in [3.05, 3.63) is 0 Å². The second-order valence-electron chi connectivity index (χ2n) is 3.30. The van der Waals surface area contributed by atoms with Gasteiger partial charge in [-0.3, -0.25) is 9.35 Å². The summed E-state index contributed by atoms with van der Waals surface area (Å²) in [6.07, 6.45) is -10.8. The van der Waals surface area contributed by atoms with Crippen molar-refractivity contribution < 1.29 is 44.5 Å². The minimum absolute atomic E-state index is 0.166. The van der Waals surface area contributed by atoms with Gasteiger partial charge in [0.25, 0.3) is 6.10 Å². The Bertz CT molecular complexity index is 420. The third-order valence-electron chi connectivity index (χ3n) is 1.77. The zero-order chi connectivity index (χ0) is 15.5. The minimum atomic E-state index is -6.40. The van der Waals surface area contributed by atoms with Crippen LogP contribution in [0.2, 0.25) is 0 Å². The normalized spacial score (nSPS) is 15.1. The highest BCUT2D eigenvalue weighted by atomic mass is 32.2. The Morgan fingerprint density at radius 1 is 1.32 bits per heavy atom. The first-order valence-corrected chi connectivity index (χ1v) is 6.03. The van der Waals surface area contributed by atoms with Gasteiger partial charge in [-0.15, -0.1) is 0 Å². The molecule has 2 N–H and O–H groups in total. The lowest BCUT2D eigenvalue weighted by atomic mass is 10.3. The molecule has 0 radical (unpaired) electrons. The van der Waals surface area contributed by atoms with Gasteiger partial charge < -0.3 is 10.1 Å². The summed E-state index contributed by atoms with van der Waals surface area (Å²) < 4.78 is 94.7. The van der Waals surface area contributed by atoms with Crippen molar-refractivity contribution in [1.82, 2.24) is 5.32 Å². The number of nitrogens with one attached hydrogen (secondary N) is 1. The molecule has 19 heavy (non-hydrogen) atoms. The molecule has 0 spiro atoms. The van der Waals surface area contributed by atoms with Gasteiger partial charge >= 0.3 is 27.5 Å². The van der Waals surface area contributed by atoms with Crippen LogP contribution in [-0.2, 0) is 19.6 Å². The molecule has 0 saturated heterocycles. The van der Waals surface area contributed by atoms with E-state index in [2.05, 4.69) is 10.1 Å². The molecule has 0 aromatic rings. The fourth-order valence-electron chi connectivity index (χ4n) is 0.879. The molecule has 0 aromatic carbocycles. The zero-order valence-electron chi connectivity index (χ0n) is 9.37. The van der Waals surface area contributed by atoms with Gasteiger partial charge in [-0.1, -0.05) is 0 Å². The van der Waals surface area contributed by atoms with Crippen molar-refractivity contribution >= 4 is 16.1 Å². The molecular formula is C7H10F5NO5S.